The van der Waals surface area contributed by atoms with Gasteiger partial charge in [0.25, 0.3) is 5.56 Å². The van der Waals surface area contributed by atoms with Crippen LogP contribution in [0, 0.1) is 0 Å². The van der Waals surface area contributed by atoms with Crippen molar-refractivity contribution in [3.05, 3.63) is 100 Å². The van der Waals surface area contributed by atoms with Crippen LogP contribution in [0.1, 0.15) is 18.1 Å². The molecule has 5 rings (SSSR count). The van der Waals surface area contributed by atoms with E-state index < -0.39 is 0 Å². The second kappa shape index (κ2) is 8.88. The first-order valence-corrected chi connectivity index (χ1v) is 11.4. The van der Waals surface area contributed by atoms with Crippen molar-refractivity contribution in [1.82, 2.24) is 14.8 Å². The van der Waals surface area contributed by atoms with Gasteiger partial charge >= 0.3 is 0 Å². The lowest BCUT2D eigenvalue weighted by atomic mass is 10.1. The Labute approximate surface area is 194 Å². The number of hydrogen-bond donors (Lipinski definition) is 1. The second-order valence-corrected chi connectivity index (χ2v) is 8.56. The predicted molar refractivity (Wildman–Crippen MR) is 134 cm³/mol. The van der Waals surface area contributed by atoms with E-state index in [0.29, 0.717) is 23.0 Å². The molecule has 0 aliphatic heterocycles. The van der Waals surface area contributed by atoms with E-state index in [-0.39, 0.29) is 5.56 Å². The van der Waals surface area contributed by atoms with Crippen molar-refractivity contribution in [3.8, 4) is 22.1 Å². The summed E-state index contributed by atoms with van der Waals surface area (Å²) < 4.78 is 7.99. The molecule has 0 unspecified atom stereocenters. The van der Waals surface area contributed by atoms with Crippen molar-refractivity contribution >= 4 is 27.3 Å². The number of fused-ring (bicyclic) bond motifs is 1. The van der Waals surface area contributed by atoms with E-state index in [1.807, 2.05) is 85.8 Å². The van der Waals surface area contributed by atoms with Gasteiger partial charge in [-0.2, -0.15) is 4.68 Å². The number of aliphatic imine (C=N–C) groups is 1. The van der Waals surface area contributed by atoms with E-state index in [1.165, 1.54) is 16.0 Å². The standard InChI is InChI=1S/C26H22N4O2S/c1-17(27-16-19-12-6-8-14-21(19)32-2)23-24(18-10-4-3-5-11-18)29-30(25(23)31)26-28-20-13-7-9-15-22(20)33-26/h3-15,29H,16H2,1-2H3. The smallest absolute Gasteiger partial charge is 0.283 e. The molecule has 0 spiro atoms. The summed E-state index contributed by atoms with van der Waals surface area (Å²) in [6.07, 6.45) is 0. The Morgan fingerprint density at radius 2 is 1.76 bits per heavy atom. The third kappa shape index (κ3) is 3.99. The third-order valence-electron chi connectivity index (χ3n) is 5.47. The molecule has 0 bridgehead atoms. The molecular weight excluding hydrogens is 432 g/mol. The number of hydrogen-bond acceptors (Lipinski definition) is 5. The number of benzene rings is 3. The van der Waals surface area contributed by atoms with Crippen LogP contribution < -0.4 is 10.3 Å². The number of nitrogens with one attached hydrogen (secondary N) is 1. The van der Waals surface area contributed by atoms with Crippen molar-refractivity contribution in [2.45, 2.75) is 13.5 Å². The van der Waals surface area contributed by atoms with Crippen molar-refractivity contribution in [1.29, 1.82) is 0 Å². The van der Waals surface area contributed by atoms with Crippen LogP contribution in [0.3, 0.4) is 0 Å². The van der Waals surface area contributed by atoms with E-state index in [0.717, 1.165) is 32.8 Å². The summed E-state index contributed by atoms with van der Waals surface area (Å²) >= 11 is 1.47. The Bertz CT molecular complexity index is 1480. The zero-order valence-electron chi connectivity index (χ0n) is 18.3. The molecule has 33 heavy (non-hydrogen) atoms. The predicted octanol–water partition coefficient (Wildman–Crippen LogP) is 5.46. The Morgan fingerprint density at radius 1 is 1.03 bits per heavy atom. The number of rotatable bonds is 6. The molecule has 164 valence electrons. The molecule has 6 nitrogen and oxygen atoms in total. The van der Waals surface area contributed by atoms with Crippen molar-refractivity contribution in [3.63, 3.8) is 0 Å². The van der Waals surface area contributed by atoms with Crippen LogP contribution in [0.2, 0.25) is 0 Å². The molecule has 0 saturated heterocycles. The monoisotopic (exact) mass is 454 g/mol. The SMILES string of the molecule is COc1ccccc1CN=C(C)c1c(-c2ccccc2)[nH]n(-c2nc3ccccc3s2)c1=O. The topological polar surface area (TPSA) is 72.3 Å². The fourth-order valence-electron chi connectivity index (χ4n) is 3.79. The highest BCUT2D eigenvalue weighted by Crippen LogP contribution is 2.26. The van der Waals surface area contributed by atoms with E-state index in [1.54, 1.807) is 7.11 Å². The normalized spacial score (nSPS) is 11.8. The Morgan fingerprint density at radius 3 is 2.55 bits per heavy atom. The summed E-state index contributed by atoms with van der Waals surface area (Å²) in [7, 11) is 1.64. The van der Waals surface area contributed by atoms with Crippen molar-refractivity contribution < 1.29 is 4.74 Å². The highest BCUT2D eigenvalue weighted by molar-refractivity contribution is 7.20. The van der Waals surface area contributed by atoms with E-state index >= 15 is 0 Å². The third-order valence-corrected chi connectivity index (χ3v) is 6.49. The molecule has 0 saturated carbocycles. The molecule has 0 fully saturated rings. The van der Waals surface area contributed by atoms with Gasteiger partial charge in [0.05, 0.1) is 35.1 Å². The second-order valence-electron chi connectivity index (χ2n) is 7.55. The first-order valence-electron chi connectivity index (χ1n) is 10.6. The minimum Gasteiger partial charge on any atom is -0.496 e. The Hall–Kier alpha value is -3.97. The molecule has 0 radical (unpaired) electrons. The fourth-order valence-corrected chi connectivity index (χ4v) is 4.72. The first-order chi connectivity index (χ1) is 16.2. The van der Waals surface area contributed by atoms with Gasteiger partial charge in [0.15, 0.2) is 0 Å². The van der Waals surface area contributed by atoms with Gasteiger partial charge in [0, 0.05) is 16.8 Å². The Balaban J connectivity index is 1.63. The summed E-state index contributed by atoms with van der Waals surface area (Å²) in [4.78, 5) is 23.0. The largest absolute Gasteiger partial charge is 0.496 e. The van der Waals surface area contributed by atoms with Crippen molar-refractivity contribution in [2.24, 2.45) is 4.99 Å². The maximum atomic E-state index is 13.6. The van der Waals surface area contributed by atoms with Crippen molar-refractivity contribution in [2.75, 3.05) is 7.11 Å². The van der Waals surface area contributed by atoms with Crippen LogP contribution in [-0.2, 0) is 6.54 Å². The van der Waals surface area contributed by atoms with Crippen LogP contribution in [-0.4, -0.2) is 27.6 Å². The molecule has 0 atom stereocenters. The lowest BCUT2D eigenvalue weighted by Gasteiger charge is -2.06. The van der Waals surface area contributed by atoms with Gasteiger partial charge in [-0.15, -0.1) is 0 Å². The number of para-hydroxylation sites is 2. The molecule has 0 amide bonds. The average molecular weight is 455 g/mol. The molecule has 0 aliphatic rings. The average Bonchev–Trinajstić information content (AvgIpc) is 3.44. The van der Waals surface area contributed by atoms with Crippen LogP contribution in [0.4, 0.5) is 0 Å². The van der Waals surface area contributed by atoms with Crippen LogP contribution in [0.5, 0.6) is 5.75 Å². The number of aromatic nitrogens is 3. The van der Waals surface area contributed by atoms with Gasteiger partial charge in [-0.1, -0.05) is 72.0 Å². The summed E-state index contributed by atoms with van der Waals surface area (Å²) in [6, 6.07) is 25.4. The number of aromatic amines is 1. The highest BCUT2D eigenvalue weighted by atomic mass is 32.1. The summed E-state index contributed by atoms with van der Waals surface area (Å²) in [5.74, 6) is 0.776. The molecule has 5 aromatic rings. The molecule has 3 aromatic carbocycles. The van der Waals surface area contributed by atoms with E-state index in [9.17, 15) is 4.79 Å². The number of thiazole rings is 1. The fraction of sp³-hybridized carbons (Fsp3) is 0.115. The molecular formula is C26H22N4O2S. The number of H-pyrrole nitrogens is 1. The lowest BCUT2D eigenvalue weighted by Crippen LogP contribution is -2.19. The van der Waals surface area contributed by atoms with Gasteiger partial charge in [0.2, 0.25) is 5.13 Å². The van der Waals surface area contributed by atoms with Gasteiger partial charge in [-0.05, 0) is 25.1 Å². The zero-order valence-corrected chi connectivity index (χ0v) is 19.1. The summed E-state index contributed by atoms with van der Waals surface area (Å²) in [6.45, 7) is 2.28. The van der Waals surface area contributed by atoms with E-state index in [4.69, 9.17) is 9.73 Å². The number of ether oxygens (including phenoxy) is 1. The van der Waals surface area contributed by atoms with Gasteiger partial charge in [-0.25, -0.2) is 4.98 Å². The summed E-state index contributed by atoms with van der Waals surface area (Å²) in [5, 5.41) is 3.89. The first kappa shape index (κ1) is 20.9. The molecule has 7 heteroatoms. The quantitative estimate of drug-likeness (QED) is 0.346. The molecule has 0 aliphatic carbocycles. The van der Waals surface area contributed by atoms with Gasteiger partial charge in [-0.3, -0.25) is 14.9 Å². The van der Waals surface area contributed by atoms with Crippen LogP contribution in [0.25, 0.3) is 26.6 Å². The Kier molecular flexibility index (Phi) is 5.62. The minimum absolute atomic E-state index is 0.172. The van der Waals surface area contributed by atoms with Crippen LogP contribution >= 0.6 is 11.3 Å². The number of methoxy groups -OCH3 is 1. The highest BCUT2D eigenvalue weighted by Gasteiger charge is 2.21. The number of nitrogens with zero attached hydrogens (tertiary/aromatic N) is 3. The van der Waals surface area contributed by atoms with E-state index in [2.05, 4.69) is 10.1 Å². The maximum Gasteiger partial charge on any atom is 0.283 e. The molecule has 1 N–H and O–H groups in total. The molecule has 2 heterocycles. The lowest BCUT2D eigenvalue weighted by molar-refractivity contribution is 0.410. The van der Waals surface area contributed by atoms with Gasteiger partial charge < -0.3 is 4.74 Å². The summed E-state index contributed by atoms with van der Waals surface area (Å²) in [5.41, 5.74) is 4.48. The zero-order chi connectivity index (χ0) is 22.8. The molecule has 2 aromatic heterocycles. The minimum atomic E-state index is -0.172. The maximum absolute atomic E-state index is 13.6. The van der Waals surface area contributed by atoms with Gasteiger partial charge in [0.1, 0.15) is 5.75 Å². The van der Waals surface area contributed by atoms with Crippen LogP contribution in [0.15, 0.2) is 88.6 Å².